The molecule has 0 radical (unpaired) electrons. The lowest BCUT2D eigenvalue weighted by Crippen LogP contribution is -2.19. The Bertz CT molecular complexity index is 339. The van der Waals surface area contributed by atoms with Crippen LogP contribution in [-0.2, 0) is 6.54 Å². The second-order valence-electron chi connectivity index (χ2n) is 5.42. The van der Waals surface area contributed by atoms with Gasteiger partial charge in [-0.25, -0.2) is 0 Å². The van der Waals surface area contributed by atoms with Crippen molar-refractivity contribution in [2.24, 2.45) is 5.92 Å². The molecule has 0 saturated heterocycles. The van der Waals surface area contributed by atoms with Crippen molar-refractivity contribution < 1.29 is 4.74 Å². The first-order valence-corrected chi connectivity index (χ1v) is 7.50. The Morgan fingerprint density at radius 2 is 2.11 bits per heavy atom. The van der Waals surface area contributed by atoms with Crippen LogP contribution in [0, 0.1) is 5.92 Å². The number of unbranched alkanes of at least 4 members (excludes halogenated alkanes) is 3. The molecular formula is C16H28N2O. The van der Waals surface area contributed by atoms with E-state index in [4.69, 9.17) is 4.74 Å². The van der Waals surface area contributed by atoms with Gasteiger partial charge in [0, 0.05) is 24.5 Å². The first-order valence-electron chi connectivity index (χ1n) is 7.50. The molecule has 0 fully saturated rings. The number of aromatic nitrogens is 1. The molecule has 0 saturated carbocycles. The molecule has 0 atom stereocenters. The molecule has 0 unspecified atom stereocenters. The molecule has 0 aromatic carbocycles. The summed E-state index contributed by atoms with van der Waals surface area (Å²) in [5.74, 6) is 1.64. The fraction of sp³-hybridized carbons (Fsp3) is 0.688. The van der Waals surface area contributed by atoms with E-state index in [1.807, 2.05) is 12.3 Å². The number of nitrogens with one attached hydrogen (secondary N) is 1. The maximum Gasteiger partial charge on any atom is 0.126 e. The summed E-state index contributed by atoms with van der Waals surface area (Å²) in [5.41, 5.74) is 1.15. The summed E-state index contributed by atoms with van der Waals surface area (Å²) in [6.45, 7) is 9.30. The monoisotopic (exact) mass is 264 g/mol. The highest BCUT2D eigenvalue weighted by Gasteiger charge is 2.03. The van der Waals surface area contributed by atoms with Crippen molar-refractivity contribution >= 4 is 0 Å². The molecule has 3 heteroatoms. The smallest absolute Gasteiger partial charge is 0.126 e. The van der Waals surface area contributed by atoms with Crippen LogP contribution in [0.25, 0.3) is 0 Å². The van der Waals surface area contributed by atoms with Gasteiger partial charge in [0.05, 0.1) is 6.61 Å². The minimum Gasteiger partial charge on any atom is -0.493 e. The largest absolute Gasteiger partial charge is 0.493 e. The topological polar surface area (TPSA) is 34.1 Å². The summed E-state index contributed by atoms with van der Waals surface area (Å²) in [4.78, 5) is 4.18. The highest BCUT2D eigenvalue weighted by molar-refractivity contribution is 5.29. The van der Waals surface area contributed by atoms with E-state index in [2.05, 4.69) is 31.1 Å². The van der Waals surface area contributed by atoms with Crippen LogP contribution in [0.1, 0.15) is 52.0 Å². The Morgan fingerprint density at radius 1 is 1.26 bits per heavy atom. The molecule has 19 heavy (non-hydrogen) atoms. The van der Waals surface area contributed by atoms with Crippen molar-refractivity contribution in [1.29, 1.82) is 0 Å². The number of hydrogen-bond donors (Lipinski definition) is 1. The van der Waals surface area contributed by atoms with E-state index < -0.39 is 0 Å². The standard InChI is InChI=1S/C16H28N2O/c1-4-5-6-7-10-19-16-8-9-17-12-15(16)13-18-11-14(2)3/h8-9,12,14,18H,4-7,10-11,13H2,1-3H3. The third-order valence-electron chi connectivity index (χ3n) is 2.98. The van der Waals surface area contributed by atoms with Gasteiger partial charge in [-0.3, -0.25) is 4.98 Å². The maximum atomic E-state index is 5.86. The molecule has 108 valence electrons. The molecule has 0 bridgehead atoms. The Labute approximate surface area is 117 Å². The van der Waals surface area contributed by atoms with E-state index in [1.54, 1.807) is 6.20 Å². The van der Waals surface area contributed by atoms with E-state index in [-0.39, 0.29) is 0 Å². The lowest BCUT2D eigenvalue weighted by Gasteiger charge is -2.12. The van der Waals surface area contributed by atoms with E-state index in [0.717, 1.165) is 37.4 Å². The van der Waals surface area contributed by atoms with Gasteiger partial charge >= 0.3 is 0 Å². The van der Waals surface area contributed by atoms with Crippen molar-refractivity contribution in [3.8, 4) is 5.75 Å². The van der Waals surface area contributed by atoms with Crippen molar-refractivity contribution in [3.05, 3.63) is 24.0 Å². The summed E-state index contributed by atoms with van der Waals surface area (Å²) < 4.78 is 5.86. The van der Waals surface area contributed by atoms with Crippen LogP contribution in [0.4, 0.5) is 0 Å². The van der Waals surface area contributed by atoms with Gasteiger partial charge in [-0.15, -0.1) is 0 Å². The van der Waals surface area contributed by atoms with Crippen LogP contribution in [-0.4, -0.2) is 18.1 Å². The molecular weight excluding hydrogens is 236 g/mol. The Morgan fingerprint density at radius 3 is 2.84 bits per heavy atom. The first-order chi connectivity index (χ1) is 9.24. The Hall–Kier alpha value is -1.09. The summed E-state index contributed by atoms with van der Waals surface area (Å²) in [6, 6.07) is 1.96. The quantitative estimate of drug-likeness (QED) is 0.653. The van der Waals surface area contributed by atoms with E-state index in [9.17, 15) is 0 Å². The minimum atomic E-state index is 0.662. The minimum absolute atomic E-state index is 0.662. The zero-order valence-corrected chi connectivity index (χ0v) is 12.6. The van der Waals surface area contributed by atoms with Gasteiger partial charge in [0.15, 0.2) is 0 Å². The number of nitrogens with zero attached hydrogens (tertiary/aromatic N) is 1. The average molecular weight is 264 g/mol. The fourth-order valence-corrected chi connectivity index (χ4v) is 1.89. The van der Waals surface area contributed by atoms with E-state index in [1.165, 1.54) is 19.3 Å². The second-order valence-corrected chi connectivity index (χ2v) is 5.42. The molecule has 1 rings (SSSR count). The van der Waals surface area contributed by atoms with Crippen LogP contribution >= 0.6 is 0 Å². The van der Waals surface area contributed by atoms with E-state index in [0.29, 0.717) is 5.92 Å². The SMILES string of the molecule is CCCCCCOc1ccncc1CNCC(C)C. The van der Waals surface area contributed by atoms with Crippen LogP contribution in [0.2, 0.25) is 0 Å². The normalized spacial score (nSPS) is 10.9. The molecule has 0 spiro atoms. The molecule has 0 amide bonds. The van der Waals surface area contributed by atoms with Crippen LogP contribution in [0.5, 0.6) is 5.75 Å². The fourth-order valence-electron chi connectivity index (χ4n) is 1.89. The van der Waals surface area contributed by atoms with Crippen molar-refractivity contribution in [2.75, 3.05) is 13.2 Å². The van der Waals surface area contributed by atoms with Crippen LogP contribution in [0.15, 0.2) is 18.5 Å². The molecule has 3 nitrogen and oxygen atoms in total. The predicted molar refractivity (Wildman–Crippen MR) is 80.4 cm³/mol. The van der Waals surface area contributed by atoms with Gasteiger partial charge < -0.3 is 10.1 Å². The molecule has 1 N–H and O–H groups in total. The van der Waals surface area contributed by atoms with Gasteiger partial charge in [-0.1, -0.05) is 40.0 Å². The van der Waals surface area contributed by atoms with Gasteiger partial charge in [0.25, 0.3) is 0 Å². The molecule has 0 aliphatic carbocycles. The Balaban J connectivity index is 2.35. The number of hydrogen-bond acceptors (Lipinski definition) is 3. The van der Waals surface area contributed by atoms with Gasteiger partial charge in [-0.2, -0.15) is 0 Å². The van der Waals surface area contributed by atoms with Crippen LogP contribution in [0.3, 0.4) is 0 Å². The van der Waals surface area contributed by atoms with Crippen LogP contribution < -0.4 is 10.1 Å². The third kappa shape index (κ3) is 7.16. The van der Waals surface area contributed by atoms with Gasteiger partial charge in [0.2, 0.25) is 0 Å². The summed E-state index contributed by atoms with van der Waals surface area (Å²) >= 11 is 0. The van der Waals surface area contributed by atoms with Crippen molar-refractivity contribution in [3.63, 3.8) is 0 Å². The summed E-state index contributed by atoms with van der Waals surface area (Å²) in [5, 5.41) is 3.43. The van der Waals surface area contributed by atoms with Crippen molar-refractivity contribution in [2.45, 2.75) is 53.0 Å². The average Bonchev–Trinajstić information content (AvgIpc) is 2.40. The highest BCUT2D eigenvalue weighted by Crippen LogP contribution is 2.17. The zero-order valence-electron chi connectivity index (χ0n) is 12.6. The molecule has 1 heterocycles. The lowest BCUT2D eigenvalue weighted by molar-refractivity contribution is 0.300. The molecule has 0 aliphatic heterocycles. The highest BCUT2D eigenvalue weighted by atomic mass is 16.5. The maximum absolute atomic E-state index is 5.86. The lowest BCUT2D eigenvalue weighted by atomic mass is 10.2. The Kier molecular flexibility index (Phi) is 8.23. The zero-order chi connectivity index (χ0) is 13.9. The number of rotatable bonds is 10. The summed E-state index contributed by atoms with van der Waals surface area (Å²) in [6.07, 6.45) is 8.64. The van der Waals surface area contributed by atoms with Gasteiger partial charge in [0.1, 0.15) is 5.75 Å². The number of ether oxygens (including phenoxy) is 1. The molecule has 1 aromatic heterocycles. The number of pyridine rings is 1. The molecule has 1 aromatic rings. The van der Waals surface area contributed by atoms with Crippen molar-refractivity contribution in [1.82, 2.24) is 10.3 Å². The van der Waals surface area contributed by atoms with E-state index >= 15 is 0 Å². The first kappa shape index (κ1) is 16.0. The summed E-state index contributed by atoms with van der Waals surface area (Å²) in [7, 11) is 0. The molecule has 0 aliphatic rings. The predicted octanol–water partition coefficient (Wildman–Crippen LogP) is 3.79. The van der Waals surface area contributed by atoms with Gasteiger partial charge in [-0.05, 0) is 24.9 Å². The third-order valence-corrected chi connectivity index (χ3v) is 2.98. The second kappa shape index (κ2) is 9.79.